The van der Waals surface area contributed by atoms with Gasteiger partial charge in [0.05, 0.1) is 0 Å². The largest absolute Gasteiger partial charge is 0.465 e. The Morgan fingerprint density at radius 3 is 2.29 bits per heavy atom. The highest BCUT2D eigenvalue weighted by atomic mass is 16.6. The molecular weight excluding hydrogens is 190 g/mol. The van der Waals surface area contributed by atoms with E-state index in [1.165, 1.54) is 6.92 Å². The smallest absolute Gasteiger partial charge is 0.412 e. The predicted molar refractivity (Wildman–Crippen MR) is 46.3 cm³/mol. The van der Waals surface area contributed by atoms with Crippen LogP contribution in [0.15, 0.2) is 12.8 Å². The first-order chi connectivity index (χ1) is 6.40. The number of ether oxygens (including phenoxy) is 1. The fraction of sp³-hybridized carbons (Fsp3) is 0.375. The molecule has 0 spiro atoms. The molecule has 0 aromatic heterocycles. The number of amides is 1. The number of rotatable bonds is 3. The number of nitrogens with zero attached hydrogens (tertiary/aromatic N) is 1. The fourth-order valence-electron chi connectivity index (χ4n) is 0.742. The summed E-state index contributed by atoms with van der Waals surface area (Å²) in [6.45, 7) is 5.57. The minimum atomic E-state index is -1.34. The summed E-state index contributed by atoms with van der Waals surface area (Å²) >= 11 is 0. The van der Waals surface area contributed by atoms with Crippen LogP contribution in [0.1, 0.15) is 13.8 Å². The molecule has 1 atom stereocenters. The number of hydrogen-bond acceptors (Lipinski definition) is 4. The lowest BCUT2D eigenvalue weighted by molar-refractivity contribution is -0.160. The van der Waals surface area contributed by atoms with Crippen LogP contribution < -0.4 is 0 Å². The first kappa shape index (κ1) is 12.2. The molecular formula is C8H11NO5. The molecule has 0 aliphatic rings. The van der Waals surface area contributed by atoms with E-state index in [1.54, 1.807) is 0 Å². The molecule has 0 radical (unpaired) electrons. The van der Waals surface area contributed by atoms with Gasteiger partial charge in [0.2, 0.25) is 0 Å². The van der Waals surface area contributed by atoms with Crippen LogP contribution in [0.4, 0.5) is 4.79 Å². The van der Waals surface area contributed by atoms with E-state index in [-0.39, 0.29) is 0 Å². The van der Waals surface area contributed by atoms with Crippen molar-refractivity contribution in [1.29, 1.82) is 0 Å². The zero-order valence-corrected chi connectivity index (χ0v) is 7.89. The Hall–Kier alpha value is -1.85. The maximum Gasteiger partial charge on any atom is 0.412 e. The zero-order valence-electron chi connectivity index (χ0n) is 7.89. The minimum absolute atomic E-state index is 0.644. The summed E-state index contributed by atoms with van der Waals surface area (Å²) in [5, 5.41) is 8.59. The van der Waals surface area contributed by atoms with Crippen LogP contribution in [-0.2, 0) is 14.3 Å². The van der Waals surface area contributed by atoms with Gasteiger partial charge in [0.25, 0.3) is 0 Å². The highest BCUT2D eigenvalue weighted by Gasteiger charge is 2.25. The van der Waals surface area contributed by atoms with Gasteiger partial charge in [-0.15, -0.1) is 0 Å². The van der Waals surface area contributed by atoms with E-state index in [4.69, 9.17) is 5.11 Å². The molecule has 0 bridgehead atoms. The predicted octanol–water partition coefficient (Wildman–Crippen LogP) is 0.588. The molecule has 1 amide bonds. The molecule has 0 aromatic rings. The number of esters is 2. The summed E-state index contributed by atoms with van der Waals surface area (Å²) in [7, 11) is 0. The third-order valence-corrected chi connectivity index (χ3v) is 1.42. The number of carbonyl (C=O) groups is 3. The van der Waals surface area contributed by atoms with Crippen molar-refractivity contribution in [3.8, 4) is 0 Å². The molecule has 0 aliphatic carbocycles. The van der Waals surface area contributed by atoms with Crippen molar-refractivity contribution in [2.45, 2.75) is 19.9 Å². The molecule has 6 nitrogen and oxygen atoms in total. The lowest BCUT2D eigenvalue weighted by Crippen LogP contribution is -2.40. The molecule has 0 aromatic carbocycles. The molecule has 0 fully saturated rings. The van der Waals surface area contributed by atoms with Crippen LogP contribution in [0, 0.1) is 0 Å². The van der Waals surface area contributed by atoms with Crippen molar-refractivity contribution in [2.75, 3.05) is 0 Å². The van der Waals surface area contributed by atoms with Crippen LogP contribution in [-0.4, -0.2) is 34.1 Å². The molecule has 14 heavy (non-hydrogen) atoms. The first-order valence-electron chi connectivity index (χ1n) is 3.76. The van der Waals surface area contributed by atoms with Gasteiger partial charge in [-0.2, -0.15) is 0 Å². The number of hydrogen-bond donors (Lipinski definition) is 1. The van der Waals surface area contributed by atoms with Crippen molar-refractivity contribution < 1.29 is 24.2 Å². The van der Waals surface area contributed by atoms with Crippen molar-refractivity contribution in [3.63, 3.8) is 0 Å². The average Bonchev–Trinajstić information content (AvgIpc) is 2.03. The molecule has 78 valence electrons. The van der Waals surface area contributed by atoms with E-state index < -0.39 is 24.1 Å². The Bertz CT molecular complexity index is 273. The number of carbonyl (C=O) groups excluding carboxylic acids is 2. The topological polar surface area (TPSA) is 83.9 Å². The van der Waals surface area contributed by atoms with Crippen LogP contribution >= 0.6 is 0 Å². The Kier molecular flexibility index (Phi) is 4.34. The van der Waals surface area contributed by atoms with E-state index in [1.807, 2.05) is 0 Å². The standard InChI is InChI=1S/C8H11NO5/c1-4-9(8(12)13)5(2)7(11)14-6(3)10/h4-5H,1H2,2-3H3,(H,12,13)/t5-/m0/s1. The Balaban J connectivity index is 4.49. The summed E-state index contributed by atoms with van der Waals surface area (Å²) in [6.07, 6.45) is -0.373. The Labute approximate surface area is 80.8 Å². The Morgan fingerprint density at radius 2 is 2.00 bits per heavy atom. The van der Waals surface area contributed by atoms with E-state index >= 15 is 0 Å². The highest BCUT2D eigenvalue weighted by Crippen LogP contribution is 2.02. The third-order valence-electron chi connectivity index (χ3n) is 1.42. The van der Waals surface area contributed by atoms with Crippen LogP contribution in [0.3, 0.4) is 0 Å². The SMILES string of the molecule is C=CN(C(=O)O)[C@@H](C)C(=O)OC(C)=O. The lowest BCUT2D eigenvalue weighted by atomic mass is 10.3. The van der Waals surface area contributed by atoms with Gasteiger partial charge in [-0.3, -0.25) is 9.69 Å². The monoisotopic (exact) mass is 201 g/mol. The maximum absolute atomic E-state index is 11.1. The van der Waals surface area contributed by atoms with Gasteiger partial charge in [0.15, 0.2) is 0 Å². The second-order valence-corrected chi connectivity index (χ2v) is 2.46. The lowest BCUT2D eigenvalue weighted by Gasteiger charge is -2.19. The quantitative estimate of drug-likeness (QED) is 0.533. The van der Waals surface area contributed by atoms with Crippen molar-refractivity contribution in [1.82, 2.24) is 4.90 Å². The van der Waals surface area contributed by atoms with Crippen LogP contribution in [0.25, 0.3) is 0 Å². The molecule has 1 N–H and O–H groups in total. The molecule has 0 saturated heterocycles. The Morgan fingerprint density at radius 1 is 1.50 bits per heavy atom. The average molecular weight is 201 g/mol. The second kappa shape index (κ2) is 5.00. The zero-order chi connectivity index (χ0) is 11.3. The highest BCUT2D eigenvalue weighted by molar-refractivity contribution is 5.89. The molecule has 0 aliphatic heterocycles. The molecule has 0 rings (SSSR count). The van der Waals surface area contributed by atoms with Gasteiger partial charge in [0.1, 0.15) is 6.04 Å². The third kappa shape index (κ3) is 3.26. The fourth-order valence-corrected chi connectivity index (χ4v) is 0.742. The summed E-state index contributed by atoms with van der Waals surface area (Å²) < 4.78 is 4.21. The molecule has 0 saturated carbocycles. The van der Waals surface area contributed by atoms with Gasteiger partial charge < -0.3 is 9.84 Å². The van der Waals surface area contributed by atoms with Crippen LogP contribution in [0.5, 0.6) is 0 Å². The first-order valence-corrected chi connectivity index (χ1v) is 3.76. The van der Waals surface area contributed by atoms with Gasteiger partial charge in [-0.25, -0.2) is 9.59 Å². The van der Waals surface area contributed by atoms with Crippen LogP contribution in [0.2, 0.25) is 0 Å². The summed E-state index contributed by atoms with van der Waals surface area (Å²) in [6, 6.07) is -1.09. The van der Waals surface area contributed by atoms with E-state index in [2.05, 4.69) is 11.3 Å². The second-order valence-electron chi connectivity index (χ2n) is 2.46. The van der Waals surface area contributed by atoms with Gasteiger partial charge in [-0.1, -0.05) is 6.58 Å². The van der Waals surface area contributed by atoms with Gasteiger partial charge in [-0.05, 0) is 6.92 Å². The van der Waals surface area contributed by atoms with Gasteiger partial charge in [0, 0.05) is 13.1 Å². The summed E-state index contributed by atoms with van der Waals surface area (Å²) in [5.41, 5.74) is 0. The summed E-state index contributed by atoms with van der Waals surface area (Å²) in [5.74, 6) is -1.71. The normalized spacial score (nSPS) is 11.3. The maximum atomic E-state index is 11.1. The number of carboxylic acid groups (broad SMARTS) is 1. The van der Waals surface area contributed by atoms with Crippen molar-refractivity contribution in [3.05, 3.63) is 12.8 Å². The van der Waals surface area contributed by atoms with Gasteiger partial charge >= 0.3 is 18.0 Å². The van der Waals surface area contributed by atoms with Crippen molar-refractivity contribution >= 4 is 18.0 Å². The molecule has 6 heteroatoms. The molecule has 0 unspecified atom stereocenters. The van der Waals surface area contributed by atoms with Crippen molar-refractivity contribution in [2.24, 2.45) is 0 Å². The summed E-state index contributed by atoms with van der Waals surface area (Å²) in [4.78, 5) is 32.6. The molecule has 0 heterocycles. The van der Waals surface area contributed by atoms with E-state index in [0.29, 0.717) is 4.90 Å². The van der Waals surface area contributed by atoms with E-state index in [0.717, 1.165) is 13.1 Å². The van der Waals surface area contributed by atoms with E-state index in [9.17, 15) is 14.4 Å². The minimum Gasteiger partial charge on any atom is -0.465 e.